The van der Waals surface area contributed by atoms with Crippen LogP contribution in [0, 0.1) is 0 Å². The lowest BCUT2D eigenvalue weighted by atomic mass is 10.2. The minimum absolute atomic E-state index is 0.309. The van der Waals surface area contributed by atoms with Crippen molar-refractivity contribution in [2.45, 2.75) is 13.3 Å². The highest BCUT2D eigenvalue weighted by atomic mass is 79.9. The van der Waals surface area contributed by atoms with Crippen molar-refractivity contribution in [3.8, 4) is 0 Å². The van der Waals surface area contributed by atoms with E-state index >= 15 is 0 Å². The number of pyridine rings is 1. The fourth-order valence-electron chi connectivity index (χ4n) is 2.04. The molecule has 8 nitrogen and oxygen atoms in total. The standard InChI is InChI=1S/C14H15BrN4O4/c1-2-9-13(19-7-8(15)3-4-10(19)18-9)14(23)17-5-11(20)16-6-12(21)22/h3-4,7H,2,5-6H2,1H3,(H,16,20)(H,17,23)(H,21,22). The first kappa shape index (κ1) is 16.9. The predicted molar refractivity (Wildman–Crippen MR) is 85.2 cm³/mol. The van der Waals surface area contributed by atoms with Crippen LogP contribution in [0.5, 0.6) is 0 Å². The third-order valence-corrected chi connectivity index (χ3v) is 3.52. The molecule has 122 valence electrons. The summed E-state index contributed by atoms with van der Waals surface area (Å²) in [7, 11) is 0. The van der Waals surface area contributed by atoms with Gasteiger partial charge in [-0.25, -0.2) is 4.98 Å². The zero-order valence-corrected chi connectivity index (χ0v) is 13.9. The van der Waals surface area contributed by atoms with Crippen LogP contribution in [-0.2, 0) is 16.0 Å². The largest absolute Gasteiger partial charge is 0.480 e. The molecule has 0 aliphatic rings. The maximum Gasteiger partial charge on any atom is 0.322 e. The molecule has 0 saturated heterocycles. The highest BCUT2D eigenvalue weighted by molar-refractivity contribution is 9.10. The number of hydrogen-bond acceptors (Lipinski definition) is 4. The summed E-state index contributed by atoms with van der Waals surface area (Å²) in [6.45, 7) is 1.08. The Hall–Kier alpha value is -2.42. The Balaban J connectivity index is 2.15. The molecule has 0 aliphatic carbocycles. The number of aliphatic carboxylic acids is 1. The van der Waals surface area contributed by atoms with Gasteiger partial charge in [-0.15, -0.1) is 0 Å². The van der Waals surface area contributed by atoms with Crippen LogP contribution >= 0.6 is 15.9 Å². The van der Waals surface area contributed by atoms with Crippen molar-refractivity contribution in [3.05, 3.63) is 34.2 Å². The van der Waals surface area contributed by atoms with Gasteiger partial charge in [-0.05, 0) is 34.5 Å². The van der Waals surface area contributed by atoms with Crippen LogP contribution in [0.25, 0.3) is 5.65 Å². The van der Waals surface area contributed by atoms with E-state index in [-0.39, 0.29) is 6.54 Å². The minimum atomic E-state index is -1.15. The first-order chi connectivity index (χ1) is 10.9. The van der Waals surface area contributed by atoms with Gasteiger partial charge >= 0.3 is 5.97 Å². The lowest BCUT2D eigenvalue weighted by molar-refractivity contribution is -0.137. The van der Waals surface area contributed by atoms with Crippen LogP contribution in [0.15, 0.2) is 22.8 Å². The number of aromatic nitrogens is 2. The molecule has 0 aliphatic heterocycles. The monoisotopic (exact) mass is 382 g/mol. The zero-order valence-electron chi connectivity index (χ0n) is 12.3. The Kier molecular flexibility index (Phi) is 5.32. The Morgan fingerprint density at radius 1 is 1.26 bits per heavy atom. The van der Waals surface area contributed by atoms with Crippen LogP contribution in [0.2, 0.25) is 0 Å². The molecule has 3 N–H and O–H groups in total. The maximum absolute atomic E-state index is 12.4. The second kappa shape index (κ2) is 7.23. The van der Waals surface area contributed by atoms with Gasteiger partial charge in [-0.1, -0.05) is 6.92 Å². The number of carbonyl (C=O) groups is 3. The fraction of sp³-hybridized carbons (Fsp3) is 0.286. The van der Waals surface area contributed by atoms with Crippen LogP contribution in [0.4, 0.5) is 0 Å². The smallest absolute Gasteiger partial charge is 0.322 e. The van der Waals surface area contributed by atoms with Gasteiger partial charge in [0.2, 0.25) is 5.91 Å². The fourth-order valence-corrected chi connectivity index (χ4v) is 2.37. The van der Waals surface area contributed by atoms with Crippen molar-refractivity contribution in [2.75, 3.05) is 13.1 Å². The number of carboxylic acid groups (broad SMARTS) is 1. The number of amides is 2. The normalized spacial score (nSPS) is 10.5. The van der Waals surface area contributed by atoms with E-state index in [1.807, 2.05) is 13.0 Å². The van der Waals surface area contributed by atoms with E-state index in [9.17, 15) is 14.4 Å². The number of hydrogen-bond donors (Lipinski definition) is 3. The lowest BCUT2D eigenvalue weighted by Crippen LogP contribution is -2.39. The van der Waals surface area contributed by atoms with Gasteiger partial charge in [0.05, 0.1) is 12.2 Å². The molecule has 0 unspecified atom stereocenters. The molecule has 0 aromatic carbocycles. The van der Waals surface area contributed by atoms with Crippen molar-refractivity contribution in [3.63, 3.8) is 0 Å². The Bertz CT molecular complexity index is 771. The van der Waals surface area contributed by atoms with Gasteiger partial charge in [-0.2, -0.15) is 0 Å². The van der Waals surface area contributed by atoms with E-state index in [0.29, 0.717) is 23.5 Å². The molecule has 2 aromatic rings. The first-order valence-electron chi connectivity index (χ1n) is 6.85. The average Bonchev–Trinajstić information content (AvgIpc) is 2.88. The molecule has 2 amide bonds. The minimum Gasteiger partial charge on any atom is -0.480 e. The van der Waals surface area contributed by atoms with Gasteiger partial charge in [0, 0.05) is 10.7 Å². The molecule has 2 aromatic heterocycles. The molecule has 0 fully saturated rings. The summed E-state index contributed by atoms with van der Waals surface area (Å²) < 4.78 is 2.44. The number of fused-ring (bicyclic) bond motifs is 1. The zero-order chi connectivity index (χ0) is 17.0. The summed E-state index contributed by atoms with van der Waals surface area (Å²) in [5.74, 6) is -2.17. The van der Waals surface area contributed by atoms with E-state index in [1.165, 1.54) is 0 Å². The van der Waals surface area contributed by atoms with Crippen LogP contribution in [-0.4, -0.2) is 45.4 Å². The summed E-state index contributed by atoms with van der Waals surface area (Å²) in [6, 6.07) is 3.60. The van der Waals surface area contributed by atoms with Crippen molar-refractivity contribution < 1.29 is 19.5 Å². The topological polar surface area (TPSA) is 113 Å². The van der Waals surface area contributed by atoms with Crippen LogP contribution in [0.3, 0.4) is 0 Å². The Morgan fingerprint density at radius 3 is 2.65 bits per heavy atom. The van der Waals surface area contributed by atoms with E-state index in [0.717, 1.165) is 4.47 Å². The van der Waals surface area contributed by atoms with Crippen LogP contribution < -0.4 is 10.6 Å². The number of carbonyl (C=O) groups excluding carboxylic acids is 2. The van der Waals surface area contributed by atoms with Crippen molar-refractivity contribution in [2.24, 2.45) is 0 Å². The number of rotatable bonds is 6. The second-order valence-electron chi connectivity index (χ2n) is 4.69. The number of aryl methyl sites for hydroxylation is 1. The quantitative estimate of drug-likeness (QED) is 0.676. The third kappa shape index (κ3) is 4.07. The molecule has 0 radical (unpaired) electrons. The van der Waals surface area contributed by atoms with E-state index < -0.39 is 24.3 Å². The van der Waals surface area contributed by atoms with Gasteiger partial charge in [0.25, 0.3) is 5.91 Å². The molecule has 9 heteroatoms. The molecule has 23 heavy (non-hydrogen) atoms. The summed E-state index contributed by atoms with van der Waals surface area (Å²) in [5, 5.41) is 13.1. The summed E-state index contributed by atoms with van der Waals surface area (Å²) >= 11 is 3.34. The first-order valence-corrected chi connectivity index (χ1v) is 7.64. The average molecular weight is 383 g/mol. The SMILES string of the molecule is CCc1nc2ccc(Br)cn2c1C(=O)NCC(=O)NCC(=O)O. The molecule has 2 heterocycles. The van der Waals surface area contributed by atoms with Crippen molar-refractivity contribution in [1.29, 1.82) is 0 Å². The molecule has 0 spiro atoms. The van der Waals surface area contributed by atoms with Gasteiger partial charge in [0.1, 0.15) is 17.9 Å². The molecule has 2 rings (SSSR count). The third-order valence-electron chi connectivity index (χ3n) is 3.05. The number of imidazole rings is 1. The molecular weight excluding hydrogens is 368 g/mol. The van der Waals surface area contributed by atoms with Gasteiger partial charge in [-0.3, -0.25) is 18.8 Å². The summed E-state index contributed by atoms with van der Waals surface area (Å²) in [4.78, 5) is 38.6. The van der Waals surface area contributed by atoms with Crippen LogP contribution in [0.1, 0.15) is 23.1 Å². The van der Waals surface area contributed by atoms with E-state index in [2.05, 4.69) is 31.5 Å². The molecule has 0 atom stereocenters. The van der Waals surface area contributed by atoms with Gasteiger partial charge < -0.3 is 15.7 Å². The summed E-state index contributed by atoms with van der Waals surface area (Å²) in [5.41, 5.74) is 1.60. The van der Waals surface area contributed by atoms with Crippen molar-refractivity contribution >= 4 is 39.4 Å². The maximum atomic E-state index is 12.4. The number of nitrogens with zero attached hydrogens (tertiary/aromatic N) is 2. The Labute approximate surface area is 140 Å². The van der Waals surface area contributed by atoms with E-state index in [1.54, 1.807) is 16.7 Å². The van der Waals surface area contributed by atoms with E-state index in [4.69, 9.17) is 5.11 Å². The molecule has 0 bridgehead atoms. The number of halogens is 1. The number of nitrogens with one attached hydrogen (secondary N) is 2. The second-order valence-corrected chi connectivity index (χ2v) is 5.60. The highest BCUT2D eigenvalue weighted by Crippen LogP contribution is 2.17. The molecule has 0 saturated carbocycles. The lowest BCUT2D eigenvalue weighted by Gasteiger charge is -2.07. The number of carboxylic acids is 1. The summed E-state index contributed by atoms with van der Waals surface area (Å²) in [6.07, 6.45) is 2.29. The molecular formula is C14H15BrN4O4. The highest BCUT2D eigenvalue weighted by Gasteiger charge is 2.19. The van der Waals surface area contributed by atoms with Gasteiger partial charge in [0.15, 0.2) is 0 Å². The Morgan fingerprint density at radius 2 is 2.00 bits per heavy atom. The predicted octanol–water partition coefficient (Wildman–Crippen LogP) is 0.590. The van der Waals surface area contributed by atoms with Crippen molar-refractivity contribution in [1.82, 2.24) is 20.0 Å².